The van der Waals surface area contributed by atoms with Crippen LogP contribution in [0, 0.1) is 0 Å². The maximum absolute atomic E-state index is 14.0. The van der Waals surface area contributed by atoms with E-state index in [1.165, 1.54) is 54.7 Å². The summed E-state index contributed by atoms with van der Waals surface area (Å²) in [6.07, 6.45) is 13.9. The van der Waals surface area contributed by atoms with Crippen LogP contribution in [-0.4, -0.2) is 41.3 Å². The van der Waals surface area contributed by atoms with E-state index in [9.17, 15) is 19.2 Å². The van der Waals surface area contributed by atoms with Gasteiger partial charge in [-0.25, -0.2) is 4.90 Å². The number of unbranched alkanes of at least 4 members (excludes halogenated alkanes) is 9. The van der Waals surface area contributed by atoms with Crippen LogP contribution < -0.4 is 4.90 Å². The Bertz CT molecular complexity index is 2220. The van der Waals surface area contributed by atoms with Gasteiger partial charge in [0.1, 0.15) is 0 Å². The summed E-state index contributed by atoms with van der Waals surface area (Å²) in [7, 11) is 0. The number of benzene rings is 6. The van der Waals surface area contributed by atoms with Crippen LogP contribution in [0.5, 0.6) is 0 Å². The van der Waals surface area contributed by atoms with Crippen molar-refractivity contribution in [2.45, 2.75) is 76.0 Å². The van der Waals surface area contributed by atoms with E-state index in [1.807, 2.05) is 79.1 Å². The average Bonchev–Trinajstić information content (AvgIpc) is 3.14. The molecule has 8 rings (SSSR count). The highest BCUT2D eigenvalue weighted by Gasteiger charge is 2.37. The summed E-state index contributed by atoms with van der Waals surface area (Å²) >= 11 is 1.60. The number of imide groups is 2. The number of carbonyl (C=O) groups is 4. The van der Waals surface area contributed by atoms with E-state index >= 15 is 0 Å². The number of fused-ring (bicyclic) bond motifs is 2. The Kier molecular flexibility index (Phi) is 8.55. The summed E-state index contributed by atoms with van der Waals surface area (Å²) in [6, 6.07) is 22.6. The van der Waals surface area contributed by atoms with Crippen LogP contribution in [0.2, 0.25) is 0 Å². The lowest BCUT2D eigenvalue weighted by Gasteiger charge is -2.30. The van der Waals surface area contributed by atoms with Crippen LogP contribution in [0.15, 0.2) is 77.7 Å². The second-order valence-corrected chi connectivity index (χ2v) is 14.6. The minimum atomic E-state index is -0.349. The van der Waals surface area contributed by atoms with Crippen LogP contribution in [0.1, 0.15) is 113 Å². The number of nitrogens with zero attached hydrogens (tertiary/aromatic N) is 2. The standard InChI is InChI=1S/C43H40N2O4S/c1-3-4-5-6-7-8-9-10-11-12-25-44-40(46)32-21-17-28-30-19-23-34-39-35(43(49)45(42(34)48)26-13-15-27(50-2)16-14-26)24-20-31(37(30)39)29-18-22-33(41(44)47)38(32)36(28)29/h13-24H,3-12,25H2,1-2H3. The Morgan fingerprint density at radius 3 is 1.28 bits per heavy atom. The summed E-state index contributed by atoms with van der Waals surface area (Å²) in [6.45, 7) is 2.66. The maximum atomic E-state index is 14.0. The fourth-order valence-electron chi connectivity index (χ4n) is 8.24. The van der Waals surface area contributed by atoms with E-state index in [0.717, 1.165) is 56.5 Å². The lowest BCUT2D eigenvalue weighted by molar-refractivity contribution is 0.0607. The molecule has 0 aliphatic carbocycles. The Morgan fingerprint density at radius 2 is 0.860 bits per heavy atom. The molecular weight excluding hydrogens is 641 g/mol. The predicted octanol–water partition coefficient (Wildman–Crippen LogP) is 10.8. The predicted molar refractivity (Wildman–Crippen MR) is 204 cm³/mol. The smallest absolute Gasteiger partial charge is 0.265 e. The Hall–Kier alpha value is -4.75. The highest BCUT2D eigenvalue weighted by Crippen LogP contribution is 2.46. The fraction of sp³-hybridized carbons (Fsp3) is 0.302. The van der Waals surface area contributed by atoms with Gasteiger partial charge in [0.15, 0.2) is 0 Å². The molecule has 2 aliphatic heterocycles. The van der Waals surface area contributed by atoms with Crippen molar-refractivity contribution in [3.05, 3.63) is 95.1 Å². The van der Waals surface area contributed by atoms with Gasteiger partial charge >= 0.3 is 0 Å². The molecule has 6 aromatic carbocycles. The van der Waals surface area contributed by atoms with Crippen molar-refractivity contribution in [2.24, 2.45) is 0 Å². The quantitative estimate of drug-likeness (QED) is 0.0399. The molecule has 252 valence electrons. The maximum Gasteiger partial charge on any atom is 0.265 e. The molecule has 6 nitrogen and oxygen atoms in total. The van der Waals surface area contributed by atoms with Gasteiger partial charge in [-0.1, -0.05) is 89.0 Å². The molecule has 0 N–H and O–H groups in total. The van der Waals surface area contributed by atoms with Crippen molar-refractivity contribution in [1.82, 2.24) is 4.90 Å². The zero-order chi connectivity index (χ0) is 34.5. The van der Waals surface area contributed by atoms with Gasteiger partial charge in [-0.3, -0.25) is 24.1 Å². The largest absolute Gasteiger partial charge is 0.274 e. The molecule has 6 aromatic rings. The third-order valence-electron chi connectivity index (χ3n) is 10.8. The third kappa shape index (κ3) is 5.08. The van der Waals surface area contributed by atoms with Gasteiger partial charge < -0.3 is 0 Å². The first-order chi connectivity index (χ1) is 24.4. The van der Waals surface area contributed by atoms with Crippen molar-refractivity contribution in [3.63, 3.8) is 0 Å². The first-order valence-electron chi connectivity index (χ1n) is 18.0. The van der Waals surface area contributed by atoms with Crippen molar-refractivity contribution >= 4 is 84.2 Å². The van der Waals surface area contributed by atoms with E-state index in [1.54, 1.807) is 11.8 Å². The van der Waals surface area contributed by atoms with Gasteiger partial charge in [0.05, 0.1) is 5.69 Å². The lowest BCUT2D eigenvalue weighted by atomic mass is 9.82. The van der Waals surface area contributed by atoms with Crippen LogP contribution >= 0.6 is 11.8 Å². The average molecular weight is 681 g/mol. The first-order valence-corrected chi connectivity index (χ1v) is 19.3. The second kappa shape index (κ2) is 13.2. The van der Waals surface area contributed by atoms with Crippen molar-refractivity contribution in [3.8, 4) is 0 Å². The van der Waals surface area contributed by atoms with E-state index in [2.05, 4.69) is 6.92 Å². The molecule has 0 atom stereocenters. The molecule has 0 saturated carbocycles. The topological polar surface area (TPSA) is 74.8 Å². The first kappa shape index (κ1) is 32.5. The molecule has 7 heteroatoms. The molecule has 4 amide bonds. The fourth-order valence-corrected chi connectivity index (χ4v) is 8.65. The van der Waals surface area contributed by atoms with Gasteiger partial charge in [-0.2, -0.15) is 0 Å². The number of hydrogen-bond acceptors (Lipinski definition) is 5. The zero-order valence-corrected chi connectivity index (χ0v) is 29.5. The van der Waals surface area contributed by atoms with Crippen LogP contribution in [0.4, 0.5) is 5.69 Å². The Morgan fingerprint density at radius 1 is 0.460 bits per heavy atom. The SMILES string of the molecule is CCCCCCCCCCCCN1C(=O)c2ccc3c4ccc5c6c(ccc(c7ccc(c2c37)C1=O)c64)C(=O)N(c1ccc(SC)cc1)C5=O. The van der Waals surface area contributed by atoms with Gasteiger partial charge in [-0.05, 0) is 93.5 Å². The molecular formula is C43H40N2O4S. The van der Waals surface area contributed by atoms with Gasteiger partial charge in [-0.15, -0.1) is 11.8 Å². The normalized spacial score (nSPS) is 14.4. The van der Waals surface area contributed by atoms with Crippen molar-refractivity contribution < 1.29 is 19.2 Å². The summed E-state index contributed by atoms with van der Waals surface area (Å²) in [5.41, 5.74) is 2.61. The molecule has 0 spiro atoms. The monoisotopic (exact) mass is 680 g/mol. The number of anilines is 1. The number of rotatable bonds is 13. The van der Waals surface area contributed by atoms with Gasteiger partial charge in [0, 0.05) is 44.5 Å². The van der Waals surface area contributed by atoms with E-state index < -0.39 is 0 Å². The second-order valence-electron chi connectivity index (χ2n) is 13.7. The molecule has 0 fully saturated rings. The Labute approximate surface area is 296 Å². The number of amides is 4. The van der Waals surface area contributed by atoms with Crippen LogP contribution in [0.3, 0.4) is 0 Å². The van der Waals surface area contributed by atoms with Gasteiger partial charge in [0.2, 0.25) is 0 Å². The minimum absolute atomic E-state index is 0.236. The van der Waals surface area contributed by atoms with Crippen LogP contribution in [-0.2, 0) is 0 Å². The molecule has 0 unspecified atom stereocenters. The lowest BCUT2D eigenvalue weighted by Crippen LogP contribution is -2.41. The Balaban J connectivity index is 1.12. The highest BCUT2D eigenvalue weighted by atomic mass is 32.2. The minimum Gasteiger partial charge on any atom is -0.274 e. The van der Waals surface area contributed by atoms with Crippen LogP contribution in [0.25, 0.3) is 43.1 Å². The van der Waals surface area contributed by atoms with Crippen molar-refractivity contribution in [1.29, 1.82) is 0 Å². The van der Waals surface area contributed by atoms with E-state index in [-0.39, 0.29) is 23.6 Å². The zero-order valence-electron chi connectivity index (χ0n) is 28.6. The summed E-state index contributed by atoms with van der Waals surface area (Å²) in [4.78, 5) is 59.5. The number of thioether (sulfide) groups is 1. The molecule has 0 saturated heterocycles. The van der Waals surface area contributed by atoms with E-state index in [0.29, 0.717) is 45.3 Å². The van der Waals surface area contributed by atoms with Crippen molar-refractivity contribution in [2.75, 3.05) is 17.7 Å². The summed E-state index contributed by atoms with van der Waals surface area (Å²) < 4.78 is 0. The number of hydrogen-bond donors (Lipinski definition) is 0. The summed E-state index contributed by atoms with van der Waals surface area (Å²) in [5, 5.41) is 6.66. The molecule has 0 radical (unpaired) electrons. The third-order valence-corrected chi connectivity index (χ3v) is 11.5. The molecule has 2 aliphatic rings. The molecule has 0 bridgehead atoms. The number of carbonyl (C=O) groups excluding carboxylic acids is 4. The molecule has 0 aromatic heterocycles. The summed E-state index contributed by atoms with van der Waals surface area (Å²) in [5.74, 6) is -1.17. The highest BCUT2D eigenvalue weighted by molar-refractivity contribution is 7.98. The van der Waals surface area contributed by atoms with Gasteiger partial charge in [0.25, 0.3) is 23.6 Å². The molecule has 50 heavy (non-hydrogen) atoms. The van der Waals surface area contributed by atoms with E-state index in [4.69, 9.17) is 0 Å². The molecule has 2 heterocycles.